The number of benzene rings is 2. The van der Waals surface area contributed by atoms with Crippen molar-refractivity contribution in [2.45, 2.75) is 0 Å². The number of H-pyrrole nitrogens is 1. The molecule has 2 aromatic carbocycles. The molecule has 1 fully saturated rings. The second kappa shape index (κ2) is 10.3. The van der Waals surface area contributed by atoms with Crippen LogP contribution in [0.15, 0.2) is 48.7 Å². The first-order valence-corrected chi connectivity index (χ1v) is 11.0. The summed E-state index contributed by atoms with van der Waals surface area (Å²) >= 11 is 0. The first-order valence-electron chi connectivity index (χ1n) is 11.0. The molecular weight excluding hydrogens is 457 g/mol. The van der Waals surface area contributed by atoms with Gasteiger partial charge in [0, 0.05) is 51.0 Å². The topological polar surface area (TPSA) is 138 Å². The summed E-state index contributed by atoms with van der Waals surface area (Å²) in [6, 6.07) is 11.1. The number of amides is 3. The first kappa shape index (κ1) is 23.9. The fourth-order valence-electron chi connectivity index (χ4n) is 3.89. The Morgan fingerprint density at radius 1 is 1.00 bits per heavy atom. The molecule has 1 aliphatic rings. The van der Waals surface area contributed by atoms with Crippen molar-refractivity contribution in [3.8, 4) is 5.75 Å². The Balaban J connectivity index is 1.46. The molecule has 0 radical (unpaired) electrons. The molecular formula is C24H24FN5O5. The zero-order chi connectivity index (χ0) is 24.9. The van der Waals surface area contributed by atoms with E-state index in [1.165, 1.54) is 17.2 Å². The maximum atomic E-state index is 14.7. The van der Waals surface area contributed by atoms with Crippen LogP contribution in [0, 0.1) is 5.82 Å². The van der Waals surface area contributed by atoms with E-state index in [0.29, 0.717) is 5.56 Å². The largest absolute Gasteiger partial charge is 0.412 e. The molecule has 4 rings (SSSR count). The summed E-state index contributed by atoms with van der Waals surface area (Å²) in [5.41, 5.74) is 5.79. The van der Waals surface area contributed by atoms with Crippen LogP contribution < -0.4 is 15.8 Å². The highest BCUT2D eigenvalue weighted by atomic mass is 19.1. The summed E-state index contributed by atoms with van der Waals surface area (Å²) in [6.45, 7) is 1.28. The van der Waals surface area contributed by atoms with Crippen molar-refractivity contribution in [1.82, 2.24) is 20.1 Å². The highest BCUT2D eigenvalue weighted by Crippen LogP contribution is 2.30. The minimum absolute atomic E-state index is 0.00420. The number of hydrogen-bond donors (Lipinski definition) is 3. The number of rotatable bonds is 6. The number of aromatic nitrogens is 1. The highest BCUT2D eigenvalue weighted by Gasteiger charge is 2.31. The maximum absolute atomic E-state index is 14.7. The van der Waals surface area contributed by atoms with Gasteiger partial charge in [0.25, 0.3) is 17.6 Å². The lowest BCUT2D eigenvalue weighted by atomic mass is 10.1. The molecule has 1 aromatic heterocycles. The van der Waals surface area contributed by atoms with Gasteiger partial charge in [-0.15, -0.1) is 0 Å². The predicted molar refractivity (Wildman–Crippen MR) is 125 cm³/mol. The van der Waals surface area contributed by atoms with Crippen molar-refractivity contribution in [3.05, 3.63) is 65.6 Å². The minimum Gasteiger partial charge on any atom is -0.408 e. The lowest BCUT2D eigenvalue weighted by molar-refractivity contribution is -0.127. The van der Waals surface area contributed by atoms with Crippen LogP contribution in [-0.2, 0) is 4.79 Å². The van der Waals surface area contributed by atoms with E-state index >= 15 is 0 Å². The molecule has 10 nitrogen and oxygen atoms in total. The highest BCUT2D eigenvalue weighted by molar-refractivity contribution is 6.45. The van der Waals surface area contributed by atoms with Crippen molar-refractivity contribution >= 4 is 34.6 Å². The number of hydrogen-bond acceptors (Lipinski definition) is 6. The lowest BCUT2D eigenvalue weighted by Gasteiger charge is -2.34. The average Bonchev–Trinajstić information content (AvgIpc) is 3.35. The van der Waals surface area contributed by atoms with Crippen LogP contribution >= 0.6 is 0 Å². The summed E-state index contributed by atoms with van der Waals surface area (Å²) in [7, 11) is 0. The molecule has 1 aliphatic heterocycles. The predicted octanol–water partition coefficient (Wildman–Crippen LogP) is 1.52. The first-order chi connectivity index (χ1) is 16.9. The average molecular weight is 481 g/mol. The zero-order valence-corrected chi connectivity index (χ0v) is 18.8. The number of piperazine rings is 1. The number of nitrogens with two attached hydrogens (primary N) is 1. The van der Waals surface area contributed by atoms with E-state index in [9.17, 15) is 23.6 Å². The number of ether oxygens (including phenoxy) is 1. The van der Waals surface area contributed by atoms with Gasteiger partial charge in [0.2, 0.25) is 0 Å². The summed E-state index contributed by atoms with van der Waals surface area (Å²) in [5, 5.41) is 2.28. The van der Waals surface area contributed by atoms with Crippen LogP contribution in [0.5, 0.6) is 5.75 Å². The number of ketones is 1. The van der Waals surface area contributed by atoms with E-state index in [0.717, 1.165) is 6.07 Å². The van der Waals surface area contributed by atoms with Gasteiger partial charge in [-0.1, -0.05) is 18.2 Å². The molecule has 0 saturated carbocycles. The Morgan fingerprint density at radius 3 is 2.37 bits per heavy atom. The van der Waals surface area contributed by atoms with Gasteiger partial charge in [0.15, 0.2) is 5.75 Å². The van der Waals surface area contributed by atoms with Crippen molar-refractivity contribution in [3.63, 3.8) is 0 Å². The van der Waals surface area contributed by atoms with Gasteiger partial charge in [-0.2, -0.15) is 0 Å². The summed E-state index contributed by atoms with van der Waals surface area (Å²) in [5.74, 6) is -2.60. The van der Waals surface area contributed by atoms with Gasteiger partial charge >= 0.3 is 6.09 Å². The van der Waals surface area contributed by atoms with E-state index in [4.69, 9.17) is 10.5 Å². The smallest absolute Gasteiger partial charge is 0.408 e. The Hall–Kier alpha value is -4.25. The fourth-order valence-corrected chi connectivity index (χ4v) is 3.89. The molecule has 2 heterocycles. The van der Waals surface area contributed by atoms with Crippen LogP contribution in [0.3, 0.4) is 0 Å². The molecule has 3 aromatic rings. The van der Waals surface area contributed by atoms with Gasteiger partial charge < -0.3 is 30.6 Å². The third kappa shape index (κ3) is 4.99. The molecule has 0 spiro atoms. The molecule has 3 amide bonds. The SMILES string of the molecule is NCCNC(=O)Oc1ccc(F)c2c(C(=O)C(=O)N3CCN(C(=O)c4ccccc4)CC3)c[nH]c12. The second-order valence-electron chi connectivity index (χ2n) is 7.88. The molecule has 35 heavy (non-hydrogen) atoms. The van der Waals surface area contributed by atoms with Crippen molar-refractivity contribution < 1.29 is 28.3 Å². The summed E-state index contributed by atoms with van der Waals surface area (Å²) in [6.07, 6.45) is 0.429. The van der Waals surface area contributed by atoms with Gasteiger partial charge in [-0.3, -0.25) is 14.4 Å². The molecule has 4 N–H and O–H groups in total. The van der Waals surface area contributed by atoms with E-state index in [2.05, 4.69) is 10.3 Å². The molecule has 0 unspecified atom stereocenters. The van der Waals surface area contributed by atoms with Crippen LogP contribution in [0.4, 0.5) is 9.18 Å². The number of fused-ring (bicyclic) bond motifs is 1. The number of nitrogens with one attached hydrogen (secondary N) is 2. The summed E-state index contributed by atoms with van der Waals surface area (Å²) < 4.78 is 19.8. The Morgan fingerprint density at radius 2 is 1.69 bits per heavy atom. The van der Waals surface area contributed by atoms with Gasteiger partial charge in [0.1, 0.15) is 5.82 Å². The number of halogens is 1. The van der Waals surface area contributed by atoms with Gasteiger partial charge in [0.05, 0.1) is 16.5 Å². The Bertz CT molecular complexity index is 1270. The second-order valence-corrected chi connectivity index (χ2v) is 7.88. The Kier molecular flexibility index (Phi) is 7.06. The third-order valence-electron chi connectivity index (χ3n) is 5.68. The quantitative estimate of drug-likeness (QED) is 0.361. The maximum Gasteiger partial charge on any atom is 0.412 e. The summed E-state index contributed by atoms with van der Waals surface area (Å²) in [4.78, 5) is 56.1. The molecule has 11 heteroatoms. The van der Waals surface area contributed by atoms with E-state index < -0.39 is 23.6 Å². The molecule has 0 bridgehead atoms. The van der Waals surface area contributed by atoms with E-state index in [1.807, 2.05) is 6.07 Å². The van der Waals surface area contributed by atoms with Crippen molar-refractivity contribution in [2.24, 2.45) is 5.73 Å². The third-order valence-corrected chi connectivity index (χ3v) is 5.68. The van der Waals surface area contributed by atoms with Crippen LogP contribution in [0.1, 0.15) is 20.7 Å². The standard InChI is InChI=1S/C24H24FN5O5/c25-17-6-7-18(35-24(34)27-9-8-26)20-19(17)16(14-28-20)21(31)23(33)30-12-10-29(11-13-30)22(32)15-4-2-1-3-5-15/h1-7,14,28H,8-13,26H2,(H,27,34). The van der Waals surface area contributed by atoms with Gasteiger partial charge in [-0.05, 0) is 24.3 Å². The molecule has 0 atom stereocenters. The Labute approximate surface area is 199 Å². The van der Waals surface area contributed by atoms with Crippen molar-refractivity contribution in [2.75, 3.05) is 39.3 Å². The zero-order valence-electron chi connectivity index (χ0n) is 18.8. The number of Topliss-reactive ketones (excluding diaryl/α,β-unsaturated/α-hetero) is 1. The van der Waals surface area contributed by atoms with Gasteiger partial charge in [-0.25, -0.2) is 9.18 Å². The van der Waals surface area contributed by atoms with Crippen LogP contribution in [-0.4, -0.2) is 77.7 Å². The van der Waals surface area contributed by atoms with E-state index in [1.54, 1.807) is 29.2 Å². The van der Waals surface area contributed by atoms with Crippen molar-refractivity contribution in [1.29, 1.82) is 0 Å². The molecule has 1 saturated heterocycles. The fraction of sp³-hybridized carbons (Fsp3) is 0.250. The molecule has 182 valence electrons. The monoisotopic (exact) mass is 481 g/mol. The number of aromatic amines is 1. The number of carbonyl (C=O) groups excluding carboxylic acids is 4. The number of nitrogens with zero attached hydrogens (tertiary/aromatic N) is 2. The van der Waals surface area contributed by atoms with Crippen LogP contribution in [0.25, 0.3) is 10.9 Å². The lowest BCUT2D eigenvalue weighted by Crippen LogP contribution is -2.52. The van der Waals surface area contributed by atoms with Crippen LogP contribution in [0.2, 0.25) is 0 Å². The molecule has 0 aliphatic carbocycles. The minimum atomic E-state index is -0.900. The van der Waals surface area contributed by atoms with E-state index in [-0.39, 0.29) is 67.4 Å². The normalized spacial score (nSPS) is 13.5. The number of carbonyl (C=O) groups is 4.